The lowest BCUT2D eigenvalue weighted by Crippen LogP contribution is -2.13. The van der Waals surface area contributed by atoms with Crippen LogP contribution in [0.3, 0.4) is 0 Å². The molecular formula is C25H23ClN3O2-. The zero-order valence-electron chi connectivity index (χ0n) is 17.9. The van der Waals surface area contributed by atoms with E-state index >= 15 is 0 Å². The van der Waals surface area contributed by atoms with Crippen molar-refractivity contribution in [2.45, 2.75) is 0 Å². The van der Waals surface area contributed by atoms with Crippen LogP contribution in [0.5, 0.6) is 5.75 Å². The molecule has 0 atom stereocenters. The van der Waals surface area contributed by atoms with E-state index in [1.54, 1.807) is 24.3 Å². The summed E-state index contributed by atoms with van der Waals surface area (Å²) in [5, 5.41) is 14.2. The summed E-state index contributed by atoms with van der Waals surface area (Å²) in [4.78, 5) is 19.5. The molecule has 158 valence electrons. The van der Waals surface area contributed by atoms with Gasteiger partial charge in [-0.15, -0.1) is 0 Å². The van der Waals surface area contributed by atoms with Crippen LogP contribution >= 0.6 is 11.6 Å². The van der Waals surface area contributed by atoms with Crippen LogP contribution in [0.2, 0.25) is 5.02 Å². The first-order chi connectivity index (χ1) is 14.8. The predicted molar refractivity (Wildman–Crippen MR) is 129 cm³/mol. The number of rotatable bonds is 4. The molecule has 0 aliphatic heterocycles. The van der Waals surface area contributed by atoms with Gasteiger partial charge in [0.05, 0.1) is 5.02 Å². The summed E-state index contributed by atoms with van der Waals surface area (Å²) in [7, 11) is 7.83. The lowest BCUT2D eigenvalue weighted by Gasteiger charge is -2.19. The normalized spacial score (nSPS) is 11.0. The number of pyridine rings is 1. The highest BCUT2D eigenvalue weighted by Crippen LogP contribution is 2.37. The number of aromatic nitrogens is 1. The van der Waals surface area contributed by atoms with Crippen molar-refractivity contribution in [3.63, 3.8) is 0 Å². The Balaban J connectivity index is 1.87. The largest absolute Gasteiger partial charge is 0.871 e. The first-order valence-electron chi connectivity index (χ1n) is 9.88. The molecule has 4 rings (SSSR count). The number of aromatic amines is 1. The zero-order valence-corrected chi connectivity index (χ0v) is 18.6. The SMILES string of the molecule is CN(C)c1ccc(-c2cc3c([O-])c(-c4ccc(N(C)C)cc4)c(=O)[nH]c3cc2Cl)cc1. The van der Waals surface area contributed by atoms with Crippen molar-refractivity contribution in [3.05, 3.63) is 76.0 Å². The average molecular weight is 433 g/mol. The lowest BCUT2D eigenvalue weighted by atomic mass is 9.99. The molecule has 0 aliphatic rings. The first kappa shape index (κ1) is 20.8. The molecule has 0 radical (unpaired) electrons. The Bertz CT molecular complexity index is 1310. The minimum absolute atomic E-state index is 0.133. The fourth-order valence-electron chi connectivity index (χ4n) is 3.64. The highest BCUT2D eigenvalue weighted by Gasteiger charge is 2.13. The standard InChI is InChI=1S/C25H24ClN3O2/c1-28(2)17-9-5-15(6-10-17)19-13-20-22(14-21(19)26)27-25(31)23(24(20)30)16-7-11-18(12-8-16)29(3)4/h5-14H,1-4H3,(H2,27,30,31)/p-1. The van der Waals surface area contributed by atoms with E-state index < -0.39 is 5.56 Å². The second-order valence-corrected chi connectivity index (χ2v) is 8.33. The third-order valence-electron chi connectivity index (χ3n) is 5.42. The molecule has 0 fully saturated rings. The molecule has 31 heavy (non-hydrogen) atoms. The summed E-state index contributed by atoms with van der Waals surface area (Å²) in [6, 6.07) is 18.7. The number of benzene rings is 3. The Morgan fingerprint density at radius 3 is 1.84 bits per heavy atom. The smallest absolute Gasteiger partial charge is 0.255 e. The quantitative estimate of drug-likeness (QED) is 0.506. The molecule has 4 aromatic rings. The molecule has 6 heteroatoms. The number of fused-ring (bicyclic) bond motifs is 1. The van der Waals surface area contributed by atoms with Crippen LogP contribution in [-0.4, -0.2) is 33.2 Å². The molecule has 1 heterocycles. The van der Waals surface area contributed by atoms with Gasteiger partial charge in [0.2, 0.25) is 0 Å². The van der Waals surface area contributed by atoms with Crippen molar-refractivity contribution in [3.8, 4) is 28.0 Å². The maximum atomic E-state index is 13.3. The lowest BCUT2D eigenvalue weighted by molar-refractivity contribution is -0.264. The molecular weight excluding hydrogens is 410 g/mol. The van der Waals surface area contributed by atoms with Gasteiger partial charge < -0.3 is 19.9 Å². The van der Waals surface area contributed by atoms with Gasteiger partial charge in [0.1, 0.15) is 0 Å². The summed E-state index contributed by atoms with van der Waals surface area (Å²) in [6.45, 7) is 0. The number of halogens is 1. The number of anilines is 2. The summed E-state index contributed by atoms with van der Waals surface area (Å²) >= 11 is 6.51. The summed E-state index contributed by atoms with van der Waals surface area (Å²) in [6.07, 6.45) is 0. The van der Waals surface area contributed by atoms with E-state index in [-0.39, 0.29) is 11.3 Å². The maximum Gasteiger partial charge on any atom is 0.255 e. The van der Waals surface area contributed by atoms with Crippen molar-refractivity contribution >= 4 is 33.9 Å². The van der Waals surface area contributed by atoms with Crippen molar-refractivity contribution in [2.75, 3.05) is 38.0 Å². The number of nitrogens with zero attached hydrogens (tertiary/aromatic N) is 2. The molecule has 1 aromatic heterocycles. The minimum Gasteiger partial charge on any atom is -0.871 e. The van der Waals surface area contributed by atoms with Gasteiger partial charge in [-0.3, -0.25) is 4.79 Å². The summed E-state index contributed by atoms with van der Waals surface area (Å²) < 4.78 is 0. The maximum absolute atomic E-state index is 13.3. The fraction of sp³-hybridized carbons (Fsp3) is 0.160. The van der Waals surface area contributed by atoms with E-state index in [1.165, 1.54) is 0 Å². The minimum atomic E-state index is -0.422. The second-order valence-electron chi connectivity index (χ2n) is 7.92. The number of hydrogen-bond acceptors (Lipinski definition) is 4. The van der Waals surface area contributed by atoms with Crippen LogP contribution in [0.1, 0.15) is 0 Å². The molecule has 0 bridgehead atoms. The number of H-pyrrole nitrogens is 1. The zero-order chi connectivity index (χ0) is 22.3. The van der Waals surface area contributed by atoms with Gasteiger partial charge in [-0.25, -0.2) is 0 Å². The summed E-state index contributed by atoms with van der Waals surface area (Å²) in [5.41, 5.74) is 4.44. The number of hydrogen-bond donors (Lipinski definition) is 1. The van der Waals surface area contributed by atoms with Crippen molar-refractivity contribution in [1.29, 1.82) is 0 Å². The Hall–Kier alpha value is -3.44. The molecule has 5 nitrogen and oxygen atoms in total. The fourth-order valence-corrected chi connectivity index (χ4v) is 3.91. The van der Waals surface area contributed by atoms with Crippen LogP contribution in [0.4, 0.5) is 11.4 Å². The van der Waals surface area contributed by atoms with Crippen LogP contribution in [0, 0.1) is 0 Å². The van der Waals surface area contributed by atoms with Crippen molar-refractivity contribution in [1.82, 2.24) is 4.98 Å². The third-order valence-corrected chi connectivity index (χ3v) is 5.73. The predicted octanol–water partition coefficient (Wildman–Crippen LogP) is 4.72. The molecule has 0 aliphatic carbocycles. The molecule has 3 aromatic carbocycles. The van der Waals surface area contributed by atoms with Gasteiger partial charge in [0, 0.05) is 56.2 Å². The first-order valence-corrected chi connectivity index (χ1v) is 10.3. The second kappa shape index (κ2) is 8.00. The summed E-state index contributed by atoms with van der Waals surface area (Å²) in [5.74, 6) is -0.306. The monoisotopic (exact) mass is 432 g/mol. The average Bonchev–Trinajstić information content (AvgIpc) is 2.74. The van der Waals surface area contributed by atoms with Gasteiger partial charge in [0.25, 0.3) is 5.56 Å². The highest BCUT2D eigenvalue weighted by molar-refractivity contribution is 6.34. The molecule has 0 spiro atoms. The van der Waals surface area contributed by atoms with Gasteiger partial charge >= 0.3 is 0 Å². The van der Waals surface area contributed by atoms with Gasteiger partial charge in [-0.1, -0.05) is 41.6 Å². The third kappa shape index (κ3) is 3.84. The van der Waals surface area contributed by atoms with Crippen LogP contribution in [0.25, 0.3) is 33.2 Å². The van der Waals surface area contributed by atoms with E-state index in [0.717, 1.165) is 22.5 Å². The van der Waals surface area contributed by atoms with Crippen molar-refractivity contribution < 1.29 is 5.11 Å². The highest BCUT2D eigenvalue weighted by atomic mass is 35.5. The van der Waals surface area contributed by atoms with Crippen LogP contribution in [0.15, 0.2) is 65.5 Å². The topological polar surface area (TPSA) is 62.4 Å². The Labute approximate surface area is 186 Å². The Morgan fingerprint density at radius 2 is 1.32 bits per heavy atom. The Morgan fingerprint density at radius 1 is 0.806 bits per heavy atom. The van der Waals surface area contributed by atoms with E-state index in [4.69, 9.17) is 11.6 Å². The van der Waals surface area contributed by atoms with E-state index in [9.17, 15) is 9.90 Å². The Kier molecular flexibility index (Phi) is 5.38. The molecule has 0 saturated heterocycles. The molecule has 0 unspecified atom stereocenters. The molecule has 0 amide bonds. The van der Waals surface area contributed by atoms with Crippen LogP contribution in [-0.2, 0) is 0 Å². The number of nitrogens with one attached hydrogen (secondary N) is 1. The van der Waals surface area contributed by atoms with Gasteiger partial charge in [-0.05, 0) is 52.9 Å². The van der Waals surface area contributed by atoms with Gasteiger partial charge in [-0.2, -0.15) is 0 Å². The van der Waals surface area contributed by atoms with E-state index in [2.05, 4.69) is 4.98 Å². The van der Waals surface area contributed by atoms with E-state index in [1.807, 2.05) is 74.4 Å². The molecule has 1 N–H and O–H groups in total. The van der Waals surface area contributed by atoms with Gasteiger partial charge in [0.15, 0.2) is 0 Å². The molecule has 0 saturated carbocycles. The van der Waals surface area contributed by atoms with Crippen LogP contribution < -0.4 is 20.5 Å². The van der Waals surface area contributed by atoms with Crippen molar-refractivity contribution in [2.24, 2.45) is 0 Å². The van der Waals surface area contributed by atoms with E-state index in [0.29, 0.717) is 21.5 Å².